The smallest absolute Gasteiger partial charge is 0.412 e. The van der Waals surface area contributed by atoms with Crippen LogP contribution >= 0.6 is 0 Å². The number of hydrogen-bond acceptors (Lipinski definition) is 5. The summed E-state index contributed by atoms with van der Waals surface area (Å²) in [4.78, 5) is 21.5. The third-order valence-electron chi connectivity index (χ3n) is 1.80. The summed E-state index contributed by atoms with van der Waals surface area (Å²) in [6.07, 6.45) is -0.692. The van der Waals surface area contributed by atoms with E-state index in [0.29, 0.717) is 0 Å². The molecule has 0 aliphatic heterocycles. The number of rotatable bonds is 2. The SMILES string of the molecule is CC(C)(C)OC(=O)Nc1cc(N)cc([N+](=O)[O-])c1. The molecule has 0 heterocycles. The van der Waals surface area contributed by atoms with Gasteiger partial charge >= 0.3 is 6.09 Å². The van der Waals surface area contributed by atoms with Crippen LogP contribution in [0.3, 0.4) is 0 Å². The van der Waals surface area contributed by atoms with Crippen molar-refractivity contribution in [3.05, 3.63) is 28.3 Å². The molecule has 7 nitrogen and oxygen atoms in total. The molecule has 3 N–H and O–H groups in total. The van der Waals surface area contributed by atoms with Gasteiger partial charge in [-0.2, -0.15) is 0 Å². The molecule has 0 bridgehead atoms. The topological polar surface area (TPSA) is 107 Å². The first-order chi connectivity index (χ1) is 8.17. The van der Waals surface area contributed by atoms with E-state index in [1.807, 2.05) is 0 Å². The minimum Gasteiger partial charge on any atom is -0.444 e. The van der Waals surface area contributed by atoms with Gasteiger partial charge in [-0.05, 0) is 26.8 Å². The van der Waals surface area contributed by atoms with Crippen LogP contribution in [0.1, 0.15) is 20.8 Å². The molecule has 98 valence electrons. The van der Waals surface area contributed by atoms with E-state index in [1.165, 1.54) is 18.2 Å². The summed E-state index contributed by atoms with van der Waals surface area (Å²) in [7, 11) is 0. The molecule has 0 saturated heterocycles. The van der Waals surface area contributed by atoms with Crippen molar-refractivity contribution in [2.45, 2.75) is 26.4 Å². The number of hydrogen-bond donors (Lipinski definition) is 2. The van der Waals surface area contributed by atoms with E-state index in [1.54, 1.807) is 20.8 Å². The molecule has 1 aromatic carbocycles. The van der Waals surface area contributed by atoms with Gasteiger partial charge in [0.15, 0.2) is 0 Å². The van der Waals surface area contributed by atoms with Crippen LogP contribution in [0, 0.1) is 10.1 Å². The summed E-state index contributed by atoms with van der Waals surface area (Å²) >= 11 is 0. The lowest BCUT2D eigenvalue weighted by molar-refractivity contribution is -0.384. The molecule has 0 aliphatic rings. The van der Waals surface area contributed by atoms with Crippen LogP contribution in [0.15, 0.2) is 18.2 Å². The molecule has 0 atom stereocenters. The minimum atomic E-state index is -0.692. The average Bonchev–Trinajstić information content (AvgIpc) is 2.12. The normalized spacial score (nSPS) is 10.8. The fraction of sp³-hybridized carbons (Fsp3) is 0.364. The van der Waals surface area contributed by atoms with Crippen LogP contribution in [0.4, 0.5) is 21.9 Å². The summed E-state index contributed by atoms with van der Waals surface area (Å²) in [5.74, 6) is 0. The number of amides is 1. The Labute approximate surface area is 104 Å². The van der Waals surface area contributed by atoms with Gasteiger partial charge in [0.05, 0.1) is 10.6 Å². The van der Waals surface area contributed by atoms with Crippen LogP contribution in [0.25, 0.3) is 0 Å². The maximum Gasteiger partial charge on any atom is 0.412 e. The quantitative estimate of drug-likeness (QED) is 0.478. The van der Waals surface area contributed by atoms with Gasteiger partial charge in [0.2, 0.25) is 0 Å². The van der Waals surface area contributed by atoms with E-state index < -0.39 is 16.6 Å². The van der Waals surface area contributed by atoms with Gasteiger partial charge in [-0.25, -0.2) is 4.79 Å². The zero-order valence-corrected chi connectivity index (χ0v) is 10.4. The largest absolute Gasteiger partial charge is 0.444 e. The molecule has 0 saturated carbocycles. The number of nitrogen functional groups attached to an aromatic ring is 1. The maximum atomic E-state index is 11.5. The van der Waals surface area contributed by atoms with E-state index in [-0.39, 0.29) is 17.1 Å². The molecule has 0 unspecified atom stereocenters. The summed E-state index contributed by atoms with van der Waals surface area (Å²) in [5, 5.41) is 13.0. The molecule has 0 spiro atoms. The highest BCUT2D eigenvalue weighted by molar-refractivity contribution is 5.86. The molecule has 7 heteroatoms. The second kappa shape index (κ2) is 4.91. The van der Waals surface area contributed by atoms with Crippen LogP contribution in [0.2, 0.25) is 0 Å². The van der Waals surface area contributed by atoms with Crippen molar-refractivity contribution in [2.24, 2.45) is 0 Å². The Balaban J connectivity index is 2.85. The Morgan fingerprint density at radius 2 is 2.00 bits per heavy atom. The van der Waals surface area contributed by atoms with Gasteiger partial charge in [0.25, 0.3) is 5.69 Å². The zero-order valence-electron chi connectivity index (χ0n) is 10.4. The number of ether oxygens (including phenoxy) is 1. The van der Waals surface area contributed by atoms with E-state index in [4.69, 9.17) is 10.5 Å². The van der Waals surface area contributed by atoms with Crippen molar-refractivity contribution in [2.75, 3.05) is 11.1 Å². The highest BCUT2D eigenvalue weighted by atomic mass is 16.6. The lowest BCUT2D eigenvalue weighted by Crippen LogP contribution is -2.27. The number of benzene rings is 1. The van der Waals surface area contributed by atoms with Gasteiger partial charge in [0, 0.05) is 17.8 Å². The lowest BCUT2D eigenvalue weighted by atomic mass is 10.2. The fourth-order valence-electron chi connectivity index (χ4n) is 1.23. The van der Waals surface area contributed by atoms with Crippen molar-refractivity contribution in [3.63, 3.8) is 0 Å². The Hall–Kier alpha value is -2.31. The predicted molar refractivity (Wildman–Crippen MR) is 67.4 cm³/mol. The number of carbonyl (C=O) groups is 1. The van der Waals surface area contributed by atoms with Crippen molar-refractivity contribution in [1.82, 2.24) is 0 Å². The highest BCUT2D eigenvalue weighted by Gasteiger charge is 2.17. The van der Waals surface area contributed by atoms with Gasteiger partial charge < -0.3 is 10.5 Å². The first-order valence-electron chi connectivity index (χ1n) is 5.22. The van der Waals surface area contributed by atoms with Crippen molar-refractivity contribution >= 4 is 23.2 Å². The van der Waals surface area contributed by atoms with Crippen LogP contribution in [0.5, 0.6) is 0 Å². The molecule has 1 aromatic rings. The van der Waals surface area contributed by atoms with Gasteiger partial charge in [-0.3, -0.25) is 15.4 Å². The second-order valence-electron chi connectivity index (χ2n) is 4.70. The van der Waals surface area contributed by atoms with Gasteiger partial charge in [0.1, 0.15) is 5.60 Å². The average molecular weight is 253 g/mol. The standard InChI is InChI=1S/C11H15N3O4/c1-11(2,3)18-10(15)13-8-4-7(12)5-9(6-8)14(16)17/h4-6H,12H2,1-3H3,(H,13,15). The van der Waals surface area contributed by atoms with E-state index in [9.17, 15) is 14.9 Å². The summed E-state index contributed by atoms with van der Waals surface area (Å²) in [6, 6.07) is 3.83. The van der Waals surface area contributed by atoms with Gasteiger partial charge in [-0.15, -0.1) is 0 Å². The molecular weight excluding hydrogens is 238 g/mol. The third kappa shape index (κ3) is 4.28. The summed E-state index contributed by atoms with van der Waals surface area (Å²) in [6.45, 7) is 5.15. The lowest BCUT2D eigenvalue weighted by Gasteiger charge is -2.19. The van der Waals surface area contributed by atoms with Crippen molar-refractivity contribution in [3.8, 4) is 0 Å². The number of anilines is 2. The number of nitro benzene ring substituents is 1. The van der Waals surface area contributed by atoms with E-state index in [0.717, 1.165) is 0 Å². The molecule has 1 amide bonds. The van der Waals surface area contributed by atoms with Crippen LogP contribution < -0.4 is 11.1 Å². The van der Waals surface area contributed by atoms with E-state index >= 15 is 0 Å². The highest BCUT2D eigenvalue weighted by Crippen LogP contribution is 2.22. The maximum absolute atomic E-state index is 11.5. The number of nitrogens with one attached hydrogen (secondary N) is 1. The monoisotopic (exact) mass is 253 g/mol. The number of carbonyl (C=O) groups excluding carboxylic acids is 1. The first kappa shape index (κ1) is 13.8. The number of non-ortho nitro benzene ring substituents is 1. The van der Waals surface area contributed by atoms with Crippen LogP contribution in [-0.4, -0.2) is 16.6 Å². The van der Waals surface area contributed by atoms with E-state index in [2.05, 4.69) is 5.32 Å². The first-order valence-corrected chi connectivity index (χ1v) is 5.22. The number of nitrogens with two attached hydrogens (primary N) is 1. The molecule has 0 aliphatic carbocycles. The van der Waals surface area contributed by atoms with Crippen molar-refractivity contribution in [1.29, 1.82) is 0 Å². The number of nitrogens with zero attached hydrogens (tertiary/aromatic N) is 1. The summed E-state index contributed by atoms with van der Waals surface area (Å²) < 4.78 is 5.02. The predicted octanol–water partition coefficient (Wildman–Crippen LogP) is 2.52. The Morgan fingerprint density at radius 3 is 2.50 bits per heavy atom. The molecule has 18 heavy (non-hydrogen) atoms. The Morgan fingerprint density at radius 1 is 1.39 bits per heavy atom. The molecule has 0 fully saturated rings. The second-order valence-corrected chi connectivity index (χ2v) is 4.70. The molecule has 0 aromatic heterocycles. The molecular formula is C11H15N3O4. The Bertz CT molecular complexity index is 480. The van der Waals surface area contributed by atoms with Crippen molar-refractivity contribution < 1.29 is 14.5 Å². The Kier molecular flexibility index (Phi) is 3.75. The summed E-state index contributed by atoms with van der Waals surface area (Å²) in [5.41, 5.74) is 5.08. The zero-order chi connectivity index (χ0) is 13.9. The third-order valence-corrected chi connectivity index (χ3v) is 1.80. The molecule has 1 rings (SSSR count). The number of nitro groups is 1. The van der Waals surface area contributed by atoms with Gasteiger partial charge in [-0.1, -0.05) is 0 Å². The fourth-order valence-corrected chi connectivity index (χ4v) is 1.23. The van der Waals surface area contributed by atoms with Crippen LogP contribution in [-0.2, 0) is 4.74 Å². The minimum absolute atomic E-state index is 0.190. The molecule has 0 radical (unpaired) electrons.